The summed E-state index contributed by atoms with van der Waals surface area (Å²) in [5.74, 6) is 0.311. The van der Waals surface area contributed by atoms with E-state index in [1.54, 1.807) is 11.4 Å². The van der Waals surface area contributed by atoms with Crippen LogP contribution in [0.1, 0.15) is 19.0 Å². The summed E-state index contributed by atoms with van der Waals surface area (Å²) in [6.45, 7) is 3.65. The van der Waals surface area contributed by atoms with Gasteiger partial charge in [-0.3, -0.25) is 14.7 Å². The molecular formula is C22H22N8O2S. The number of H-pyrrole nitrogens is 1. The number of fused-ring (bicyclic) bond motifs is 1. The number of aromatic nitrogens is 5. The SMILES string of the molecule is Cc1cc(Nc2nc(Sc3ccc(NC(=O)C4CC4(C)C(N)=O)cc3)nn3cccc23)n[nH]1. The van der Waals surface area contributed by atoms with E-state index in [-0.39, 0.29) is 11.8 Å². The Morgan fingerprint density at radius 1 is 1.27 bits per heavy atom. The van der Waals surface area contributed by atoms with Crippen LogP contribution in [0.15, 0.2) is 58.7 Å². The van der Waals surface area contributed by atoms with Crippen LogP contribution in [-0.2, 0) is 9.59 Å². The molecule has 3 aromatic heterocycles. The lowest BCUT2D eigenvalue weighted by Crippen LogP contribution is -2.27. The Kier molecular flexibility index (Phi) is 5.05. The highest BCUT2D eigenvalue weighted by Crippen LogP contribution is 2.52. The molecule has 0 aliphatic heterocycles. The number of amides is 2. The highest BCUT2D eigenvalue weighted by molar-refractivity contribution is 7.99. The van der Waals surface area contributed by atoms with Crippen LogP contribution in [0, 0.1) is 18.3 Å². The van der Waals surface area contributed by atoms with Crippen molar-refractivity contribution < 1.29 is 9.59 Å². The molecule has 1 saturated carbocycles. The van der Waals surface area contributed by atoms with E-state index in [0.29, 0.717) is 28.9 Å². The van der Waals surface area contributed by atoms with Crippen molar-refractivity contribution >= 4 is 46.4 Å². The molecule has 5 N–H and O–H groups in total. The van der Waals surface area contributed by atoms with E-state index in [0.717, 1.165) is 16.1 Å². The maximum absolute atomic E-state index is 12.4. The van der Waals surface area contributed by atoms with E-state index < -0.39 is 11.3 Å². The molecule has 2 unspecified atom stereocenters. The minimum Gasteiger partial charge on any atom is -0.369 e. The number of hydrogen-bond acceptors (Lipinski definition) is 7. The fourth-order valence-corrected chi connectivity index (χ4v) is 4.36. The number of aryl methyl sites for hydroxylation is 1. The van der Waals surface area contributed by atoms with Crippen molar-refractivity contribution in [1.82, 2.24) is 24.8 Å². The lowest BCUT2D eigenvalue weighted by Gasteiger charge is -2.09. The van der Waals surface area contributed by atoms with Crippen molar-refractivity contribution in [2.75, 3.05) is 10.6 Å². The average Bonchev–Trinajstić information content (AvgIpc) is 3.08. The third kappa shape index (κ3) is 4.14. The summed E-state index contributed by atoms with van der Waals surface area (Å²) in [5.41, 5.74) is 7.08. The number of rotatable bonds is 7. The first-order valence-electron chi connectivity index (χ1n) is 10.3. The minimum atomic E-state index is -0.741. The predicted octanol–water partition coefficient (Wildman–Crippen LogP) is 3.11. The number of benzene rings is 1. The van der Waals surface area contributed by atoms with Gasteiger partial charge in [0.1, 0.15) is 5.52 Å². The van der Waals surface area contributed by atoms with Crippen LogP contribution in [0.2, 0.25) is 0 Å². The van der Waals surface area contributed by atoms with Crippen molar-refractivity contribution in [1.29, 1.82) is 0 Å². The van der Waals surface area contributed by atoms with Gasteiger partial charge in [-0.1, -0.05) is 0 Å². The van der Waals surface area contributed by atoms with Crippen LogP contribution < -0.4 is 16.4 Å². The molecule has 33 heavy (non-hydrogen) atoms. The summed E-state index contributed by atoms with van der Waals surface area (Å²) in [5, 5.41) is 18.3. The highest BCUT2D eigenvalue weighted by atomic mass is 32.2. The number of carbonyl (C=O) groups excluding carboxylic acids is 2. The Balaban J connectivity index is 1.30. The Hall–Kier alpha value is -3.86. The van der Waals surface area contributed by atoms with E-state index in [1.165, 1.54) is 11.8 Å². The number of hydrogen-bond donors (Lipinski definition) is 4. The van der Waals surface area contributed by atoms with Crippen LogP contribution in [0.3, 0.4) is 0 Å². The normalized spacial score (nSPS) is 19.4. The Morgan fingerprint density at radius 3 is 2.73 bits per heavy atom. The minimum absolute atomic E-state index is 0.192. The molecule has 168 valence electrons. The maximum Gasteiger partial charge on any atom is 0.228 e. The second-order valence-corrected chi connectivity index (χ2v) is 9.34. The van der Waals surface area contributed by atoms with Crippen LogP contribution in [0.4, 0.5) is 17.3 Å². The smallest absolute Gasteiger partial charge is 0.228 e. The van der Waals surface area contributed by atoms with E-state index in [9.17, 15) is 9.59 Å². The van der Waals surface area contributed by atoms with Gasteiger partial charge in [0.25, 0.3) is 0 Å². The predicted molar refractivity (Wildman–Crippen MR) is 124 cm³/mol. The average molecular weight is 463 g/mol. The third-order valence-corrected chi connectivity index (χ3v) is 6.63. The topological polar surface area (TPSA) is 143 Å². The van der Waals surface area contributed by atoms with Crippen LogP contribution in [0.5, 0.6) is 0 Å². The van der Waals surface area contributed by atoms with Gasteiger partial charge < -0.3 is 16.4 Å². The highest BCUT2D eigenvalue weighted by Gasteiger charge is 2.59. The molecule has 11 heteroatoms. The molecule has 1 fully saturated rings. The van der Waals surface area contributed by atoms with Gasteiger partial charge in [0.2, 0.25) is 17.0 Å². The van der Waals surface area contributed by atoms with Crippen molar-refractivity contribution in [2.45, 2.75) is 30.3 Å². The van der Waals surface area contributed by atoms with E-state index in [1.807, 2.05) is 55.6 Å². The van der Waals surface area contributed by atoms with Crippen molar-refractivity contribution in [2.24, 2.45) is 17.1 Å². The largest absolute Gasteiger partial charge is 0.369 e. The second kappa shape index (κ2) is 7.93. The van der Waals surface area contributed by atoms with Gasteiger partial charge in [-0.25, -0.2) is 9.50 Å². The van der Waals surface area contributed by atoms with Crippen molar-refractivity contribution in [3.63, 3.8) is 0 Å². The standard InChI is InChI=1S/C22H22N8O2S/c1-12-10-17(28-27-12)25-18-16-4-3-9-30(16)29-21(26-18)33-14-7-5-13(6-8-14)24-19(31)15-11-22(15,2)20(23)32/h3-10,15H,11H2,1-2H3,(H2,23,32)(H,24,31)(H2,25,26,27,28,29). The molecule has 5 rings (SSSR count). The summed E-state index contributed by atoms with van der Waals surface area (Å²) in [7, 11) is 0. The van der Waals surface area contributed by atoms with Crippen LogP contribution in [0.25, 0.3) is 5.52 Å². The Morgan fingerprint density at radius 2 is 2.06 bits per heavy atom. The number of nitrogens with zero attached hydrogens (tertiary/aromatic N) is 4. The zero-order valence-corrected chi connectivity index (χ0v) is 18.8. The van der Waals surface area contributed by atoms with Gasteiger partial charge in [-0.15, -0.1) is 5.10 Å². The summed E-state index contributed by atoms with van der Waals surface area (Å²) >= 11 is 1.40. The monoisotopic (exact) mass is 462 g/mol. The van der Waals surface area contributed by atoms with Crippen LogP contribution >= 0.6 is 11.8 Å². The quantitative estimate of drug-likeness (QED) is 0.330. The second-order valence-electron chi connectivity index (χ2n) is 8.30. The summed E-state index contributed by atoms with van der Waals surface area (Å²) < 4.78 is 1.76. The number of anilines is 3. The molecule has 1 aliphatic carbocycles. The molecule has 3 heterocycles. The summed E-state index contributed by atoms with van der Waals surface area (Å²) in [4.78, 5) is 29.4. The van der Waals surface area contributed by atoms with Crippen LogP contribution in [-0.4, -0.2) is 36.6 Å². The van der Waals surface area contributed by atoms with Gasteiger partial charge in [0, 0.05) is 28.5 Å². The Labute approximate surface area is 193 Å². The van der Waals surface area contributed by atoms with Gasteiger partial charge in [0.15, 0.2) is 11.6 Å². The summed E-state index contributed by atoms with van der Waals surface area (Å²) in [6, 6.07) is 13.1. The third-order valence-electron chi connectivity index (χ3n) is 5.77. The molecule has 0 bridgehead atoms. The summed E-state index contributed by atoms with van der Waals surface area (Å²) in [6.07, 6.45) is 2.34. The first-order chi connectivity index (χ1) is 15.8. The van der Waals surface area contributed by atoms with Crippen molar-refractivity contribution in [3.8, 4) is 0 Å². The number of nitrogens with two attached hydrogens (primary N) is 1. The molecule has 1 aliphatic rings. The first-order valence-corrected chi connectivity index (χ1v) is 11.2. The maximum atomic E-state index is 12.4. The van der Waals surface area contributed by atoms with Crippen molar-refractivity contribution in [3.05, 3.63) is 54.4 Å². The lowest BCUT2D eigenvalue weighted by molar-refractivity contribution is -0.126. The fourth-order valence-electron chi connectivity index (χ4n) is 3.61. The van der Waals surface area contributed by atoms with Gasteiger partial charge in [0.05, 0.1) is 11.3 Å². The fraction of sp³-hybridized carbons (Fsp3) is 0.227. The number of aromatic amines is 1. The molecule has 1 aromatic carbocycles. The number of carbonyl (C=O) groups is 2. The van der Waals surface area contributed by atoms with Gasteiger partial charge in [-0.2, -0.15) is 5.10 Å². The number of primary amides is 1. The molecule has 0 radical (unpaired) electrons. The zero-order chi connectivity index (χ0) is 23.2. The van der Waals surface area contributed by atoms with Gasteiger partial charge in [-0.05, 0) is 68.4 Å². The zero-order valence-electron chi connectivity index (χ0n) is 18.0. The van der Waals surface area contributed by atoms with E-state index >= 15 is 0 Å². The van der Waals surface area contributed by atoms with E-state index in [2.05, 4.69) is 30.9 Å². The molecule has 2 atom stereocenters. The molecule has 10 nitrogen and oxygen atoms in total. The Bertz CT molecular complexity index is 1360. The molecular weight excluding hydrogens is 440 g/mol. The first kappa shape index (κ1) is 21.0. The number of nitrogens with one attached hydrogen (secondary N) is 3. The molecule has 0 saturated heterocycles. The molecule has 4 aromatic rings. The molecule has 2 amide bonds. The van der Waals surface area contributed by atoms with E-state index in [4.69, 9.17) is 5.73 Å². The lowest BCUT2D eigenvalue weighted by atomic mass is 10.1. The van der Waals surface area contributed by atoms with Gasteiger partial charge >= 0.3 is 0 Å². The molecule has 0 spiro atoms.